The quantitative estimate of drug-likeness (QED) is 0.708. The molecular weight excluding hydrogens is 188 g/mol. The van der Waals surface area contributed by atoms with Crippen LogP contribution in [0.1, 0.15) is 29.5 Å². The van der Waals surface area contributed by atoms with E-state index in [1.54, 1.807) is 0 Å². The minimum Gasteiger partial charge on any atom is -0.469 e. The Kier molecular flexibility index (Phi) is 4.35. The van der Waals surface area contributed by atoms with E-state index in [0.717, 1.165) is 12.8 Å². The van der Waals surface area contributed by atoms with Gasteiger partial charge in [0.2, 0.25) is 0 Å². The van der Waals surface area contributed by atoms with Crippen molar-refractivity contribution in [3.63, 3.8) is 0 Å². The highest BCUT2D eigenvalue weighted by Gasteiger charge is 2.02. The highest BCUT2D eigenvalue weighted by Crippen LogP contribution is 2.13. The topological polar surface area (TPSA) is 26.3 Å². The summed E-state index contributed by atoms with van der Waals surface area (Å²) in [6, 6.07) is 6.43. The van der Waals surface area contributed by atoms with Gasteiger partial charge in [-0.25, -0.2) is 0 Å². The van der Waals surface area contributed by atoms with E-state index in [-0.39, 0.29) is 5.97 Å². The zero-order chi connectivity index (χ0) is 11.3. The molecule has 2 heteroatoms. The van der Waals surface area contributed by atoms with Gasteiger partial charge in [0.05, 0.1) is 7.11 Å². The maximum absolute atomic E-state index is 10.9. The van der Waals surface area contributed by atoms with Crippen LogP contribution in [0, 0.1) is 13.8 Å². The Labute approximate surface area is 91.3 Å². The number of ether oxygens (including phenoxy) is 1. The van der Waals surface area contributed by atoms with Gasteiger partial charge < -0.3 is 4.74 Å². The van der Waals surface area contributed by atoms with Crippen molar-refractivity contribution in [2.45, 2.75) is 33.1 Å². The Morgan fingerprint density at radius 3 is 2.73 bits per heavy atom. The van der Waals surface area contributed by atoms with Crippen LogP contribution in [0.3, 0.4) is 0 Å². The fourth-order valence-corrected chi connectivity index (χ4v) is 1.59. The van der Waals surface area contributed by atoms with Crippen LogP contribution in [-0.4, -0.2) is 13.1 Å². The SMILES string of the molecule is COC(=O)CCCc1cc(C)ccc1C. The van der Waals surface area contributed by atoms with Crippen molar-refractivity contribution in [1.82, 2.24) is 0 Å². The molecule has 0 saturated carbocycles. The third kappa shape index (κ3) is 3.74. The van der Waals surface area contributed by atoms with Crippen LogP contribution in [0.5, 0.6) is 0 Å². The summed E-state index contributed by atoms with van der Waals surface area (Å²) < 4.78 is 4.60. The zero-order valence-electron chi connectivity index (χ0n) is 9.67. The van der Waals surface area contributed by atoms with Crippen LogP contribution in [0.15, 0.2) is 18.2 Å². The van der Waals surface area contributed by atoms with Crippen LogP contribution < -0.4 is 0 Å². The molecule has 0 aliphatic carbocycles. The monoisotopic (exact) mass is 206 g/mol. The molecule has 0 atom stereocenters. The number of carbonyl (C=O) groups excluding carboxylic acids is 1. The predicted molar refractivity (Wildman–Crippen MR) is 60.9 cm³/mol. The molecule has 0 unspecified atom stereocenters. The number of carbonyl (C=O) groups is 1. The van der Waals surface area contributed by atoms with E-state index < -0.39 is 0 Å². The van der Waals surface area contributed by atoms with Gasteiger partial charge in [0.25, 0.3) is 0 Å². The molecule has 0 radical (unpaired) electrons. The summed E-state index contributed by atoms with van der Waals surface area (Å²) in [5.41, 5.74) is 3.90. The predicted octanol–water partition coefficient (Wildman–Crippen LogP) is 2.80. The van der Waals surface area contributed by atoms with Crippen molar-refractivity contribution in [2.75, 3.05) is 7.11 Å². The van der Waals surface area contributed by atoms with E-state index in [1.165, 1.54) is 23.8 Å². The Bertz CT molecular complexity index is 342. The first kappa shape index (κ1) is 11.8. The summed E-state index contributed by atoms with van der Waals surface area (Å²) >= 11 is 0. The van der Waals surface area contributed by atoms with Gasteiger partial charge in [0.15, 0.2) is 0 Å². The largest absolute Gasteiger partial charge is 0.469 e. The number of rotatable bonds is 4. The van der Waals surface area contributed by atoms with Crippen LogP contribution in [0.4, 0.5) is 0 Å². The Morgan fingerprint density at radius 2 is 2.07 bits per heavy atom. The summed E-state index contributed by atoms with van der Waals surface area (Å²) in [4.78, 5) is 10.9. The maximum atomic E-state index is 10.9. The number of esters is 1. The molecule has 1 rings (SSSR count). The highest BCUT2D eigenvalue weighted by atomic mass is 16.5. The minimum absolute atomic E-state index is 0.125. The highest BCUT2D eigenvalue weighted by molar-refractivity contribution is 5.69. The molecule has 15 heavy (non-hydrogen) atoms. The molecule has 0 heterocycles. The first-order chi connectivity index (χ1) is 7.13. The van der Waals surface area contributed by atoms with E-state index in [2.05, 4.69) is 36.8 Å². The van der Waals surface area contributed by atoms with Gasteiger partial charge in [-0.15, -0.1) is 0 Å². The molecule has 1 aromatic rings. The second-order valence-corrected chi connectivity index (χ2v) is 3.86. The summed E-state index contributed by atoms with van der Waals surface area (Å²) in [5, 5.41) is 0. The molecule has 1 aromatic carbocycles. The average molecular weight is 206 g/mol. The molecule has 0 aliphatic heterocycles. The van der Waals surface area contributed by atoms with Gasteiger partial charge in [-0.3, -0.25) is 4.79 Å². The first-order valence-electron chi connectivity index (χ1n) is 5.26. The van der Waals surface area contributed by atoms with Crippen molar-refractivity contribution in [3.05, 3.63) is 34.9 Å². The molecule has 0 aliphatic rings. The molecule has 82 valence electrons. The van der Waals surface area contributed by atoms with E-state index in [0.29, 0.717) is 6.42 Å². The van der Waals surface area contributed by atoms with Crippen molar-refractivity contribution in [2.24, 2.45) is 0 Å². The molecular formula is C13H18O2. The van der Waals surface area contributed by atoms with E-state index >= 15 is 0 Å². The molecule has 0 fully saturated rings. The molecule has 0 aromatic heterocycles. The van der Waals surface area contributed by atoms with E-state index in [9.17, 15) is 4.79 Å². The van der Waals surface area contributed by atoms with Crippen LogP contribution in [0.2, 0.25) is 0 Å². The second kappa shape index (κ2) is 5.54. The first-order valence-corrected chi connectivity index (χ1v) is 5.26. The molecule has 0 amide bonds. The van der Waals surface area contributed by atoms with Gasteiger partial charge >= 0.3 is 5.97 Å². The Morgan fingerprint density at radius 1 is 1.33 bits per heavy atom. The van der Waals surface area contributed by atoms with Gasteiger partial charge in [-0.2, -0.15) is 0 Å². The number of benzene rings is 1. The third-order valence-corrected chi connectivity index (χ3v) is 2.56. The van der Waals surface area contributed by atoms with Crippen LogP contribution >= 0.6 is 0 Å². The molecule has 0 bridgehead atoms. The lowest BCUT2D eigenvalue weighted by atomic mass is 10.0. The van der Waals surface area contributed by atoms with Crippen molar-refractivity contribution in [1.29, 1.82) is 0 Å². The number of aryl methyl sites for hydroxylation is 3. The fraction of sp³-hybridized carbons (Fsp3) is 0.462. The Balaban J connectivity index is 2.50. The average Bonchev–Trinajstić information content (AvgIpc) is 2.23. The van der Waals surface area contributed by atoms with Crippen molar-refractivity contribution >= 4 is 5.97 Å². The van der Waals surface area contributed by atoms with E-state index in [1.807, 2.05) is 0 Å². The summed E-state index contributed by atoms with van der Waals surface area (Å²) in [5.74, 6) is -0.125. The number of hydrogen-bond acceptors (Lipinski definition) is 2. The normalized spacial score (nSPS) is 10.1. The summed E-state index contributed by atoms with van der Waals surface area (Å²) in [6.45, 7) is 4.19. The third-order valence-electron chi connectivity index (χ3n) is 2.56. The molecule has 0 saturated heterocycles. The van der Waals surface area contributed by atoms with Gasteiger partial charge in [-0.1, -0.05) is 23.8 Å². The van der Waals surface area contributed by atoms with Crippen molar-refractivity contribution in [3.8, 4) is 0 Å². The zero-order valence-corrected chi connectivity index (χ0v) is 9.67. The summed E-state index contributed by atoms with van der Waals surface area (Å²) in [7, 11) is 1.43. The van der Waals surface area contributed by atoms with Crippen molar-refractivity contribution < 1.29 is 9.53 Å². The summed E-state index contributed by atoms with van der Waals surface area (Å²) in [6.07, 6.45) is 2.31. The fourth-order valence-electron chi connectivity index (χ4n) is 1.59. The van der Waals surface area contributed by atoms with Gasteiger partial charge in [0, 0.05) is 6.42 Å². The number of hydrogen-bond donors (Lipinski definition) is 0. The smallest absolute Gasteiger partial charge is 0.305 e. The number of methoxy groups -OCH3 is 1. The second-order valence-electron chi connectivity index (χ2n) is 3.86. The lowest BCUT2D eigenvalue weighted by Gasteiger charge is -2.06. The standard InChI is InChI=1S/C13H18O2/c1-10-7-8-11(2)12(9-10)5-4-6-13(14)15-3/h7-9H,4-6H2,1-3H3. The minimum atomic E-state index is -0.125. The molecule has 0 N–H and O–H groups in total. The maximum Gasteiger partial charge on any atom is 0.305 e. The lowest BCUT2D eigenvalue weighted by Crippen LogP contribution is -2.01. The Hall–Kier alpha value is -1.31. The molecule has 0 spiro atoms. The van der Waals surface area contributed by atoms with E-state index in [4.69, 9.17) is 0 Å². The van der Waals surface area contributed by atoms with Gasteiger partial charge in [0.1, 0.15) is 0 Å². The van der Waals surface area contributed by atoms with Crippen LogP contribution in [0.25, 0.3) is 0 Å². The van der Waals surface area contributed by atoms with Gasteiger partial charge in [-0.05, 0) is 37.8 Å². The molecule has 2 nitrogen and oxygen atoms in total. The lowest BCUT2D eigenvalue weighted by molar-refractivity contribution is -0.140. The van der Waals surface area contributed by atoms with Crippen LogP contribution in [-0.2, 0) is 16.0 Å².